The zero-order valence-corrected chi connectivity index (χ0v) is 10.3. The maximum Gasteiger partial charge on any atom is 0.129 e. The molecule has 17 heavy (non-hydrogen) atoms. The van der Waals surface area contributed by atoms with Crippen molar-refractivity contribution in [2.24, 2.45) is 0 Å². The van der Waals surface area contributed by atoms with E-state index in [0.717, 1.165) is 17.1 Å². The number of hydrogen-bond acceptors (Lipinski definition) is 2. The second-order valence-corrected chi connectivity index (χ2v) is 4.05. The lowest BCUT2D eigenvalue weighted by atomic mass is 10.1. The number of nitrogens with zero attached hydrogens (tertiary/aromatic N) is 2. The fourth-order valence-electron chi connectivity index (χ4n) is 1.87. The molecule has 90 valence electrons. The number of benzene rings is 1. The average molecular weight is 233 g/mol. The smallest absolute Gasteiger partial charge is 0.129 e. The van der Waals surface area contributed by atoms with Gasteiger partial charge in [0.1, 0.15) is 5.82 Å². The maximum atomic E-state index is 13.8. The molecule has 0 saturated carbocycles. The summed E-state index contributed by atoms with van der Waals surface area (Å²) in [6.07, 6.45) is 1.73. The zero-order chi connectivity index (χ0) is 12.4. The summed E-state index contributed by atoms with van der Waals surface area (Å²) in [5.41, 5.74) is 3.51. The topological polar surface area (TPSA) is 29.9 Å². The number of aromatic nitrogens is 2. The van der Waals surface area contributed by atoms with Gasteiger partial charge in [0.05, 0.1) is 17.7 Å². The summed E-state index contributed by atoms with van der Waals surface area (Å²) < 4.78 is 15.7. The van der Waals surface area contributed by atoms with E-state index in [2.05, 4.69) is 10.3 Å². The molecule has 4 heteroatoms. The van der Waals surface area contributed by atoms with Gasteiger partial charge in [0.25, 0.3) is 0 Å². The first kappa shape index (κ1) is 11.8. The molecule has 0 saturated heterocycles. The van der Waals surface area contributed by atoms with E-state index < -0.39 is 0 Å². The number of imidazole rings is 1. The van der Waals surface area contributed by atoms with Gasteiger partial charge in [0.15, 0.2) is 0 Å². The number of halogens is 1. The third kappa shape index (κ3) is 2.08. The Morgan fingerprint density at radius 2 is 2.12 bits per heavy atom. The van der Waals surface area contributed by atoms with E-state index in [4.69, 9.17) is 0 Å². The second-order valence-electron chi connectivity index (χ2n) is 4.05. The van der Waals surface area contributed by atoms with Crippen molar-refractivity contribution in [3.05, 3.63) is 47.3 Å². The fourth-order valence-corrected chi connectivity index (χ4v) is 1.87. The summed E-state index contributed by atoms with van der Waals surface area (Å²) in [6.45, 7) is 4.43. The molecule has 2 rings (SSSR count). The standard InChI is InChI=1S/C13H16FN3/c1-9-10(2)17(8-16-9)13-6-4-5-12(14)11(13)7-15-3/h4-6,8,15H,7H2,1-3H3. The highest BCUT2D eigenvalue weighted by Crippen LogP contribution is 2.20. The van der Waals surface area contributed by atoms with Gasteiger partial charge in [-0.1, -0.05) is 6.07 Å². The van der Waals surface area contributed by atoms with Crippen molar-refractivity contribution in [2.45, 2.75) is 20.4 Å². The lowest BCUT2D eigenvalue weighted by molar-refractivity contribution is 0.598. The minimum absolute atomic E-state index is 0.192. The predicted octanol–water partition coefficient (Wildman–Crippen LogP) is 2.35. The molecule has 1 aromatic carbocycles. The van der Waals surface area contributed by atoms with Gasteiger partial charge in [-0.05, 0) is 33.0 Å². The van der Waals surface area contributed by atoms with Crippen LogP contribution in [-0.2, 0) is 6.54 Å². The van der Waals surface area contributed by atoms with Crippen LogP contribution in [0.2, 0.25) is 0 Å². The highest BCUT2D eigenvalue weighted by Gasteiger charge is 2.11. The highest BCUT2D eigenvalue weighted by atomic mass is 19.1. The Morgan fingerprint density at radius 1 is 1.35 bits per heavy atom. The third-order valence-electron chi connectivity index (χ3n) is 2.96. The van der Waals surface area contributed by atoms with Gasteiger partial charge in [-0.15, -0.1) is 0 Å². The number of rotatable bonds is 3. The summed E-state index contributed by atoms with van der Waals surface area (Å²) in [4.78, 5) is 4.24. The van der Waals surface area contributed by atoms with Crippen LogP contribution in [0, 0.1) is 19.7 Å². The van der Waals surface area contributed by atoms with Crippen LogP contribution in [0.4, 0.5) is 4.39 Å². The van der Waals surface area contributed by atoms with E-state index in [9.17, 15) is 4.39 Å². The quantitative estimate of drug-likeness (QED) is 0.882. The molecule has 0 aliphatic heterocycles. The summed E-state index contributed by atoms with van der Waals surface area (Å²) in [7, 11) is 1.81. The van der Waals surface area contributed by atoms with E-state index in [1.54, 1.807) is 12.4 Å². The lowest BCUT2D eigenvalue weighted by Gasteiger charge is -2.12. The number of nitrogens with one attached hydrogen (secondary N) is 1. The van der Waals surface area contributed by atoms with Gasteiger partial charge >= 0.3 is 0 Å². The van der Waals surface area contributed by atoms with Crippen molar-refractivity contribution in [3.8, 4) is 5.69 Å². The van der Waals surface area contributed by atoms with Gasteiger partial charge < -0.3 is 9.88 Å². The van der Waals surface area contributed by atoms with Crippen molar-refractivity contribution in [2.75, 3.05) is 7.05 Å². The summed E-state index contributed by atoms with van der Waals surface area (Å²) in [5, 5.41) is 2.99. The molecule has 0 spiro atoms. The first-order valence-corrected chi connectivity index (χ1v) is 5.58. The normalized spacial score (nSPS) is 10.8. The van der Waals surface area contributed by atoms with Crippen molar-refractivity contribution in [1.82, 2.24) is 14.9 Å². The highest BCUT2D eigenvalue weighted by molar-refractivity contribution is 5.43. The molecular weight excluding hydrogens is 217 g/mol. The average Bonchev–Trinajstić information content (AvgIpc) is 2.63. The van der Waals surface area contributed by atoms with Crippen LogP contribution in [0.15, 0.2) is 24.5 Å². The van der Waals surface area contributed by atoms with E-state index in [0.29, 0.717) is 12.1 Å². The molecule has 0 atom stereocenters. The van der Waals surface area contributed by atoms with Gasteiger partial charge in [-0.25, -0.2) is 9.37 Å². The molecule has 3 nitrogen and oxygen atoms in total. The van der Waals surface area contributed by atoms with Crippen LogP contribution in [0.1, 0.15) is 17.0 Å². The molecule has 0 fully saturated rings. The number of hydrogen-bond donors (Lipinski definition) is 1. The van der Waals surface area contributed by atoms with Crippen molar-refractivity contribution < 1.29 is 4.39 Å². The number of aryl methyl sites for hydroxylation is 1. The van der Waals surface area contributed by atoms with Crippen LogP contribution < -0.4 is 5.32 Å². The van der Waals surface area contributed by atoms with Crippen molar-refractivity contribution >= 4 is 0 Å². The van der Waals surface area contributed by atoms with Crippen LogP contribution in [-0.4, -0.2) is 16.6 Å². The van der Waals surface area contributed by atoms with Crippen LogP contribution in [0.3, 0.4) is 0 Å². The van der Waals surface area contributed by atoms with Crippen LogP contribution >= 0.6 is 0 Å². The molecular formula is C13H16FN3. The van der Waals surface area contributed by atoms with E-state index in [1.165, 1.54) is 6.07 Å². The minimum atomic E-state index is -0.192. The molecule has 0 aliphatic rings. The Morgan fingerprint density at radius 3 is 2.71 bits per heavy atom. The van der Waals surface area contributed by atoms with E-state index in [-0.39, 0.29) is 5.82 Å². The molecule has 0 radical (unpaired) electrons. The largest absolute Gasteiger partial charge is 0.316 e. The monoisotopic (exact) mass is 233 g/mol. The second kappa shape index (κ2) is 4.67. The van der Waals surface area contributed by atoms with Gasteiger partial charge in [-0.3, -0.25) is 0 Å². The lowest BCUT2D eigenvalue weighted by Crippen LogP contribution is -2.11. The SMILES string of the molecule is CNCc1c(F)cccc1-n1cnc(C)c1C. The fraction of sp³-hybridized carbons (Fsp3) is 0.308. The summed E-state index contributed by atoms with van der Waals surface area (Å²) in [5.74, 6) is -0.192. The third-order valence-corrected chi connectivity index (χ3v) is 2.96. The summed E-state index contributed by atoms with van der Waals surface area (Å²) in [6, 6.07) is 5.11. The Bertz CT molecular complexity index is 531. The van der Waals surface area contributed by atoms with Crippen LogP contribution in [0.5, 0.6) is 0 Å². The van der Waals surface area contributed by atoms with Gasteiger partial charge in [0, 0.05) is 17.8 Å². The molecule has 2 aromatic rings. The first-order chi connectivity index (χ1) is 8.15. The molecule has 0 amide bonds. The zero-order valence-electron chi connectivity index (χ0n) is 10.3. The Balaban J connectivity index is 2.59. The van der Waals surface area contributed by atoms with E-state index in [1.807, 2.05) is 31.5 Å². The first-order valence-electron chi connectivity index (χ1n) is 5.58. The van der Waals surface area contributed by atoms with Crippen LogP contribution in [0.25, 0.3) is 5.69 Å². The molecule has 0 aliphatic carbocycles. The molecule has 0 unspecified atom stereocenters. The van der Waals surface area contributed by atoms with Gasteiger partial charge in [-0.2, -0.15) is 0 Å². The van der Waals surface area contributed by atoms with Crippen molar-refractivity contribution in [3.63, 3.8) is 0 Å². The van der Waals surface area contributed by atoms with Gasteiger partial charge in [0.2, 0.25) is 0 Å². The maximum absolute atomic E-state index is 13.8. The Labute approximate surface area is 100 Å². The Hall–Kier alpha value is -1.68. The molecule has 1 aromatic heterocycles. The molecule has 1 heterocycles. The summed E-state index contributed by atoms with van der Waals surface area (Å²) >= 11 is 0. The predicted molar refractivity (Wildman–Crippen MR) is 65.8 cm³/mol. The molecule has 0 bridgehead atoms. The molecule has 1 N–H and O–H groups in total. The Kier molecular flexibility index (Phi) is 3.24. The minimum Gasteiger partial charge on any atom is -0.316 e. The van der Waals surface area contributed by atoms with E-state index >= 15 is 0 Å². The van der Waals surface area contributed by atoms with Crippen molar-refractivity contribution in [1.29, 1.82) is 0 Å².